The molecule has 4 aliphatic rings. The zero-order valence-electron chi connectivity index (χ0n) is 27.4. The van der Waals surface area contributed by atoms with Crippen LogP contribution in [0.5, 0.6) is 0 Å². The lowest BCUT2D eigenvalue weighted by atomic mass is 9.44. The molecule has 4 unspecified atom stereocenters. The number of rotatable bonds is 10. The maximum Gasteiger partial charge on any atom is 0.315 e. The van der Waals surface area contributed by atoms with Gasteiger partial charge in [0.05, 0.1) is 26.1 Å². The summed E-state index contributed by atoms with van der Waals surface area (Å²) in [5.41, 5.74) is 0.623. The van der Waals surface area contributed by atoms with Crippen molar-refractivity contribution in [3.8, 4) is 0 Å². The molecule has 1 N–H and O–H groups in total. The molecule has 4 fully saturated rings. The molecule has 1 amide bonds. The van der Waals surface area contributed by atoms with E-state index in [9.17, 15) is 9.59 Å². The number of nitrogens with zero attached hydrogens (tertiary/aromatic N) is 1. The second-order valence-corrected chi connectivity index (χ2v) is 16.8. The minimum absolute atomic E-state index is 0.164. The molecule has 5 nitrogen and oxygen atoms in total. The molecule has 0 heterocycles. The van der Waals surface area contributed by atoms with Gasteiger partial charge in [0.25, 0.3) is 0 Å². The summed E-state index contributed by atoms with van der Waals surface area (Å²) in [6, 6.07) is 0. The molecule has 4 saturated carbocycles. The molecule has 0 saturated heterocycles. The number of quaternary nitrogens is 1. The molecule has 5 heteroatoms. The largest absolute Gasteiger partial charge is 0.415 e. The van der Waals surface area contributed by atoms with Crippen molar-refractivity contribution in [3.63, 3.8) is 0 Å². The zero-order chi connectivity index (χ0) is 29.3. The van der Waals surface area contributed by atoms with Crippen LogP contribution in [0.4, 0.5) is 0 Å². The van der Waals surface area contributed by atoms with Crippen LogP contribution in [0.2, 0.25) is 0 Å². The summed E-state index contributed by atoms with van der Waals surface area (Å²) in [5, 5.41) is 3.17. The van der Waals surface area contributed by atoms with Crippen LogP contribution in [-0.2, 0) is 14.3 Å². The molecule has 0 aliphatic heterocycles. The van der Waals surface area contributed by atoms with E-state index in [1.165, 1.54) is 64.2 Å². The molecule has 4 rings (SSSR count). The van der Waals surface area contributed by atoms with Crippen LogP contribution in [0.1, 0.15) is 125 Å². The summed E-state index contributed by atoms with van der Waals surface area (Å²) in [5.74, 6) is 5.26. The fourth-order valence-electron chi connectivity index (χ4n) is 10.2. The second kappa shape index (κ2) is 12.3. The number of hydrogen-bond donors (Lipinski definition) is 1. The monoisotopic (exact) mass is 559 g/mol. The van der Waals surface area contributed by atoms with Gasteiger partial charge >= 0.3 is 5.97 Å². The summed E-state index contributed by atoms with van der Waals surface area (Å²) in [7, 11) is 4.15. The number of fused-ring (bicyclic) bond motifs is 5. The Morgan fingerprint density at radius 3 is 2.40 bits per heavy atom. The molecular weight excluding hydrogens is 496 g/mol. The number of nitrogens with one attached hydrogen (secondary N) is 1. The zero-order valence-corrected chi connectivity index (χ0v) is 27.4. The average molecular weight is 560 g/mol. The van der Waals surface area contributed by atoms with E-state index in [2.05, 4.69) is 40.2 Å². The first kappa shape index (κ1) is 31.8. The van der Waals surface area contributed by atoms with Crippen LogP contribution in [-0.4, -0.2) is 50.3 Å². The lowest BCUT2D eigenvalue weighted by Gasteiger charge is -2.61. The topological polar surface area (TPSA) is 55.4 Å². The molecule has 0 aromatic heterocycles. The first-order chi connectivity index (χ1) is 18.7. The van der Waals surface area contributed by atoms with Gasteiger partial charge in [-0.3, -0.25) is 14.1 Å². The third kappa shape index (κ3) is 6.76. The minimum Gasteiger partial charge on any atom is -0.415 e. The highest BCUT2D eigenvalue weighted by atomic mass is 16.5. The highest BCUT2D eigenvalue weighted by molar-refractivity contribution is 5.76. The highest BCUT2D eigenvalue weighted by Crippen LogP contribution is 2.68. The standard InChI is InChI=1S/C35H62N2O3/c1-25(13-18-31(38)36-22-11-23-37(7,8)24-40-32(39)33(2,3)4)28-16-17-29-27-15-14-26-12-9-10-20-34(26,5)30(27)19-21-35(28,29)6/h25-30H,9-24H2,1-8H3/p+1/t25-,26?,27?,28-,29?,30?,34+,35-/m1/s1. The number of ether oxygens (including phenoxy) is 1. The maximum absolute atomic E-state index is 12.7. The molecule has 0 radical (unpaired) electrons. The number of hydrogen-bond acceptors (Lipinski definition) is 3. The van der Waals surface area contributed by atoms with Crippen molar-refractivity contribution in [1.29, 1.82) is 0 Å². The number of carbonyl (C=O) groups is 2. The molecular formula is C35H63N2O3+. The van der Waals surface area contributed by atoms with Crippen molar-refractivity contribution in [3.05, 3.63) is 0 Å². The SMILES string of the molecule is C[C@H](CCC(=O)NCCC[N+](C)(C)COC(=O)C(C)(C)C)[C@H]1CCC2C3CCC4CCCC[C@]4(C)C3CC[C@@]21C. The Morgan fingerprint density at radius 2 is 1.68 bits per heavy atom. The molecule has 0 aromatic carbocycles. The molecule has 40 heavy (non-hydrogen) atoms. The van der Waals surface area contributed by atoms with Crippen LogP contribution >= 0.6 is 0 Å². The van der Waals surface area contributed by atoms with Crippen LogP contribution in [0.25, 0.3) is 0 Å². The molecule has 0 bridgehead atoms. The third-order valence-electron chi connectivity index (χ3n) is 12.6. The van der Waals surface area contributed by atoms with E-state index in [-0.39, 0.29) is 11.9 Å². The number of esters is 1. The van der Waals surface area contributed by atoms with E-state index >= 15 is 0 Å². The fraction of sp³-hybridized carbons (Fsp3) is 0.943. The Balaban J connectivity index is 1.19. The van der Waals surface area contributed by atoms with Crippen LogP contribution < -0.4 is 5.32 Å². The molecule has 8 atom stereocenters. The van der Waals surface area contributed by atoms with Gasteiger partial charge in [-0.1, -0.05) is 33.6 Å². The molecule has 0 spiro atoms. The molecule has 4 aliphatic carbocycles. The minimum atomic E-state index is -0.478. The van der Waals surface area contributed by atoms with Crippen LogP contribution in [0.3, 0.4) is 0 Å². The summed E-state index contributed by atoms with van der Waals surface area (Å²) < 4.78 is 6.12. The predicted molar refractivity (Wildman–Crippen MR) is 163 cm³/mol. The summed E-state index contributed by atoms with van der Waals surface area (Å²) in [6.45, 7) is 15.3. The van der Waals surface area contributed by atoms with E-state index in [1.807, 2.05) is 20.8 Å². The van der Waals surface area contributed by atoms with E-state index in [0.717, 1.165) is 49.0 Å². The van der Waals surface area contributed by atoms with Crippen molar-refractivity contribution in [2.24, 2.45) is 51.8 Å². The quantitative estimate of drug-likeness (QED) is 0.130. The summed E-state index contributed by atoms with van der Waals surface area (Å²) in [4.78, 5) is 24.8. The van der Waals surface area contributed by atoms with Crippen molar-refractivity contribution in [1.82, 2.24) is 5.32 Å². The normalized spacial score (nSPS) is 36.6. The van der Waals surface area contributed by atoms with E-state index in [4.69, 9.17) is 4.74 Å². The van der Waals surface area contributed by atoms with Gasteiger partial charge < -0.3 is 10.1 Å². The second-order valence-electron chi connectivity index (χ2n) is 16.8. The lowest BCUT2D eigenvalue weighted by Crippen LogP contribution is -2.53. The molecule has 230 valence electrons. The van der Waals surface area contributed by atoms with Crippen molar-refractivity contribution in [2.75, 3.05) is 33.9 Å². The highest BCUT2D eigenvalue weighted by Gasteiger charge is 2.60. The van der Waals surface area contributed by atoms with Gasteiger partial charge in [-0.05, 0) is 125 Å². The van der Waals surface area contributed by atoms with Gasteiger partial charge in [0.15, 0.2) is 0 Å². The van der Waals surface area contributed by atoms with E-state index < -0.39 is 5.41 Å². The first-order valence-electron chi connectivity index (χ1n) is 16.9. The van der Waals surface area contributed by atoms with Gasteiger partial charge in [0, 0.05) is 19.4 Å². The number of carbonyl (C=O) groups excluding carboxylic acids is 2. The van der Waals surface area contributed by atoms with E-state index in [0.29, 0.717) is 40.9 Å². The van der Waals surface area contributed by atoms with Gasteiger partial charge in [0.2, 0.25) is 12.6 Å². The van der Waals surface area contributed by atoms with Gasteiger partial charge in [-0.15, -0.1) is 0 Å². The van der Waals surface area contributed by atoms with Gasteiger partial charge in [-0.25, -0.2) is 0 Å². The summed E-state index contributed by atoms with van der Waals surface area (Å²) >= 11 is 0. The number of amides is 1. The Bertz CT molecular complexity index is 894. The van der Waals surface area contributed by atoms with Gasteiger partial charge in [0.1, 0.15) is 0 Å². The smallest absolute Gasteiger partial charge is 0.315 e. The molecule has 0 aromatic rings. The average Bonchev–Trinajstić information content (AvgIpc) is 3.25. The van der Waals surface area contributed by atoms with Crippen LogP contribution in [0, 0.1) is 51.8 Å². The van der Waals surface area contributed by atoms with Crippen molar-refractivity contribution >= 4 is 11.9 Å². The maximum atomic E-state index is 12.7. The fourth-order valence-corrected chi connectivity index (χ4v) is 10.2. The Kier molecular flexibility index (Phi) is 9.75. The Labute approximate surface area is 246 Å². The van der Waals surface area contributed by atoms with Crippen molar-refractivity contribution in [2.45, 2.75) is 125 Å². The first-order valence-corrected chi connectivity index (χ1v) is 16.9. The van der Waals surface area contributed by atoms with Crippen LogP contribution in [0.15, 0.2) is 0 Å². The Hall–Kier alpha value is -1.10. The van der Waals surface area contributed by atoms with Gasteiger partial charge in [-0.2, -0.15) is 0 Å². The lowest BCUT2D eigenvalue weighted by molar-refractivity contribution is -0.907. The summed E-state index contributed by atoms with van der Waals surface area (Å²) in [6.07, 6.45) is 17.1. The third-order valence-corrected chi connectivity index (χ3v) is 12.6. The Morgan fingerprint density at radius 1 is 0.950 bits per heavy atom. The van der Waals surface area contributed by atoms with E-state index in [1.54, 1.807) is 0 Å². The van der Waals surface area contributed by atoms with Crippen molar-refractivity contribution < 1.29 is 18.8 Å². The predicted octanol–water partition coefficient (Wildman–Crippen LogP) is 7.58.